The van der Waals surface area contributed by atoms with Crippen LogP contribution < -0.4 is 0 Å². The molecule has 0 aliphatic heterocycles. The maximum absolute atomic E-state index is 10.7. The van der Waals surface area contributed by atoms with Crippen LogP contribution in [-0.2, 0) is 0 Å². The van der Waals surface area contributed by atoms with Crippen molar-refractivity contribution in [2.24, 2.45) is 0 Å². The molecule has 2 rings (SSSR count). The molecule has 0 amide bonds. The summed E-state index contributed by atoms with van der Waals surface area (Å²) in [5.74, 6) is 0. The second kappa shape index (κ2) is 4.22. The van der Waals surface area contributed by atoms with Crippen molar-refractivity contribution in [1.82, 2.24) is 10.2 Å². The fourth-order valence-electron chi connectivity index (χ4n) is 1.68. The molecule has 1 N–H and O–H groups in total. The molecule has 0 saturated heterocycles. The van der Waals surface area contributed by atoms with E-state index in [0.717, 1.165) is 27.6 Å². The normalized spacial score (nSPS) is 10.4. The summed E-state index contributed by atoms with van der Waals surface area (Å²) in [6.45, 7) is 4.08. The van der Waals surface area contributed by atoms with Crippen molar-refractivity contribution in [3.63, 3.8) is 0 Å². The summed E-state index contributed by atoms with van der Waals surface area (Å²) in [6.07, 6.45) is 0.754. The van der Waals surface area contributed by atoms with Crippen molar-refractivity contribution in [2.75, 3.05) is 0 Å². The molecule has 0 radical (unpaired) electrons. The highest BCUT2D eigenvalue weighted by atomic mass is 79.9. The SMILES string of the molecule is Cc1ccc(-c2n[nH]c(C=O)c2Br)c(C)c1. The number of aromatic amines is 1. The van der Waals surface area contributed by atoms with Gasteiger partial charge in [-0.05, 0) is 35.3 Å². The van der Waals surface area contributed by atoms with E-state index in [1.807, 2.05) is 26.0 Å². The van der Waals surface area contributed by atoms with Crippen LogP contribution in [0.3, 0.4) is 0 Å². The maximum Gasteiger partial charge on any atom is 0.169 e. The lowest BCUT2D eigenvalue weighted by molar-refractivity contribution is 0.111. The van der Waals surface area contributed by atoms with E-state index >= 15 is 0 Å². The van der Waals surface area contributed by atoms with Gasteiger partial charge in [0.25, 0.3) is 0 Å². The first-order valence-electron chi connectivity index (χ1n) is 4.90. The van der Waals surface area contributed by atoms with E-state index in [1.165, 1.54) is 5.56 Å². The third kappa shape index (κ3) is 1.80. The molecule has 0 saturated carbocycles. The minimum atomic E-state index is 0.468. The van der Waals surface area contributed by atoms with E-state index in [2.05, 4.69) is 32.2 Å². The number of H-pyrrole nitrogens is 1. The molecule has 16 heavy (non-hydrogen) atoms. The van der Waals surface area contributed by atoms with Gasteiger partial charge in [-0.2, -0.15) is 5.10 Å². The quantitative estimate of drug-likeness (QED) is 0.857. The zero-order valence-corrected chi connectivity index (χ0v) is 10.6. The minimum absolute atomic E-state index is 0.468. The number of nitrogens with one attached hydrogen (secondary N) is 1. The van der Waals surface area contributed by atoms with Crippen molar-refractivity contribution in [3.05, 3.63) is 39.5 Å². The number of rotatable bonds is 2. The van der Waals surface area contributed by atoms with Crippen LogP contribution in [0.1, 0.15) is 21.6 Å². The fraction of sp³-hybridized carbons (Fsp3) is 0.167. The Morgan fingerprint density at radius 2 is 2.12 bits per heavy atom. The molecule has 2 aromatic rings. The summed E-state index contributed by atoms with van der Waals surface area (Å²) in [5, 5.41) is 6.84. The number of aldehydes is 1. The number of carbonyl (C=O) groups is 1. The number of benzene rings is 1. The first-order chi connectivity index (χ1) is 7.63. The maximum atomic E-state index is 10.7. The highest BCUT2D eigenvalue weighted by Crippen LogP contribution is 2.30. The lowest BCUT2D eigenvalue weighted by atomic mass is 10.0. The zero-order valence-electron chi connectivity index (χ0n) is 9.04. The van der Waals surface area contributed by atoms with Gasteiger partial charge in [-0.25, -0.2) is 0 Å². The Labute approximate surface area is 102 Å². The van der Waals surface area contributed by atoms with Gasteiger partial charge in [-0.15, -0.1) is 0 Å². The van der Waals surface area contributed by atoms with Gasteiger partial charge in [0.15, 0.2) is 6.29 Å². The van der Waals surface area contributed by atoms with Crippen molar-refractivity contribution in [2.45, 2.75) is 13.8 Å². The van der Waals surface area contributed by atoms with Crippen LogP contribution in [0.25, 0.3) is 11.3 Å². The average molecular weight is 279 g/mol. The van der Waals surface area contributed by atoms with Gasteiger partial charge < -0.3 is 0 Å². The number of aryl methyl sites for hydroxylation is 2. The van der Waals surface area contributed by atoms with Crippen molar-refractivity contribution < 1.29 is 4.79 Å². The third-order valence-corrected chi connectivity index (χ3v) is 3.29. The first-order valence-corrected chi connectivity index (χ1v) is 5.69. The number of hydrogen-bond donors (Lipinski definition) is 1. The predicted octanol–water partition coefficient (Wildman–Crippen LogP) is 3.27. The molecule has 0 bridgehead atoms. The summed E-state index contributed by atoms with van der Waals surface area (Å²) in [6, 6.07) is 6.14. The summed E-state index contributed by atoms with van der Waals surface area (Å²) >= 11 is 3.38. The molecule has 4 heteroatoms. The molecule has 0 aliphatic carbocycles. The Hall–Kier alpha value is -1.42. The molecule has 1 heterocycles. The Morgan fingerprint density at radius 1 is 1.38 bits per heavy atom. The minimum Gasteiger partial charge on any atom is -0.296 e. The molecular weight excluding hydrogens is 268 g/mol. The highest BCUT2D eigenvalue weighted by Gasteiger charge is 2.13. The van der Waals surface area contributed by atoms with Crippen LogP contribution >= 0.6 is 15.9 Å². The number of nitrogens with zero attached hydrogens (tertiary/aromatic N) is 1. The Bertz CT molecular complexity index is 546. The number of aromatic nitrogens is 2. The summed E-state index contributed by atoms with van der Waals surface area (Å²) < 4.78 is 0.717. The lowest BCUT2D eigenvalue weighted by Gasteiger charge is -2.04. The highest BCUT2D eigenvalue weighted by molar-refractivity contribution is 9.10. The number of halogens is 1. The van der Waals surface area contributed by atoms with E-state index in [4.69, 9.17) is 0 Å². The summed E-state index contributed by atoms with van der Waals surface area (Å²) in [5.41, 5.74) is 4.63. The van der Waals surface area contributed by atoms with Gasteiger partial charge in [0.05, 0.1) is 4.47 Å². The van der Waals surface area contributed by atoms with E-state index in [9.17, 15) is 4.79 Å². The lowest BCUT2D eigenvalue weighted by Crippen LogP contribution is -1.85. The smallest absolute Gasteiger partial charge is 0.169 e. The largest absolute Gasteiger partial charge is 0.296 e. The van der Waals surface area contributed by atoms with Gasteiger partial charge in [-0.1, -0.05) is 23.8 Å². The second-order valence-electron chi connectivity index (χ2n) is 3.74. The van der Waals surface area contributed by atoms with Crippen molar-refractivity contribution in [1.29, 1.82) is 0 Å². The third-order valence-electron chi connectivity index (χ3n) is 2.49. The Kier molecular flexibility index (Phi) is 2.92. The van der Waals surface area contributed by atoms with Crippen LogP contribution in [0.15, 0.2) is 22.7 Å². The monoisotopic (exact) mass is 278 g/mol. The molecule has 0 fully saturated rings. The van der Waals surface area contributed by atoms with Crippen LogP contribution in [0.2, 0.25) is 0 Å². The van der Waals surface area contributed by atoms with Crippen LogP contribution in [0.5, 0.6) is 0 Å². The van der Waals surface area contributed by atoms with Gasteiger partial charge in [0.2, 0.25) is 0 Å². The molecule has 0 aliphatic rings. The predicted molar refractivity (Wildman–Crippen MR) is 66.6 cm³/mol. The van der Waals surface area contributed by atoms with Gasteiger partial charge >= 0.3 is 0 Å². The standard InChI is InChI=1S/C12H11BrN2O/c1-7-3-4-9(8(2)5-7)12-11(13)10(6-16)14-15-12/h3-6H,1-2H3,(H,14,15). The molecule has 82 valence electrons. The molecule has 1 aromatic carbocycles. The van der Waals surface area contributed by atoms with E-state index in [1.54, 1.807) is 0 Å². The van der Waals surface area contributed by atoms with Gasteiger partial charge in [-0.3, -0.25) is 9.89 Å². The van der Waals surface area contributed by atoms with E-state index in [0.29, 0.717) is 5.69 Å². The van der Waals surface area contributed by atoms with Crippen LogP contribution in [0, 0.1) is 13.8 Å². The van der Waals surface area contributed by atoms with Gasteiger partial charge in [0.1, 0.15) is 11.4 Å². The zero-order chi connectivity index (χ0) is 11.7. The Balaban J connectivity index is 2.58. The fourth-order valence-corrected chi connectivity index (χ4v) is 2.16. The van der Waals surface area contributed by atoms with Crippen LogP contribution in [-0.4, -0.2) is 16.5 Å². The topological polar surface area (TPSA) is 45.8 Å². The number of carbonyl (C=O) groups excluding carboxylic acids is 1. The molecule has 3 nitrogen and oxygen atoms in total. The second-order valence-corrected chi connectivity index (χ2v) is 4.53. The van der Waals surface area contributed by atoms with E-state index < -0.39 is 0 Å². The molecule has 0 unspecified atom stereocenters. The molecule has 0 atom stereocenters. The summed E-state index contributed by atoms with van der Waals surface area (Å²) in [4.78, 5) is 10.7. The van der Waals surface area contributed by atoms with Crippen molar-refractivity contribution in [3.8, 4) is 11.3 Å². The van der Waals surface area contributed by atoms with Crippen molar-refractivity contribution >= 4 is 22.2 Å². The summed E-state index contributed by atoms with van der Waals surface area (Å²) in [7, 11) is 0. The molecule has 1 aromatic heterocycles. The Morgan fingerprint density at radius 3 is 2.69 bits per heavy atom. The van der Waals surface area contributed by atoms with Crippen LogP contribution in [0.4, 0.5) is 0 Å². The number of hydrogen-bond acceptors (Lipinski definition) is 2. The average Bonchev–Trinajstić information content (AvgIpc) is 2.60. The molecular formula is C12H11BrN2O. The first kappa shape index (κ1) is 11.1. The molecule has 0 spiro atoms. The van der Waals surface area contributed by atoms with E-state index in [-0.39, 0.29) is 0 Å². The van der Waals surface area contributed by atoms with Gasteiger partial charge in [0, 0.05) is 5.56 Å².